The van der Waals surface area contributed by atoms with Crippen molar-refractivity contribution in [2.24, 2.45) is 11.1 Å². The van der Waals surface area contributed by atoms with E-state index >= 15 is 0 Å². The predicted molar refractivity (Wildman–Crippen MR) is 74.8 cm³/mol. The van der Waals surface area contributed by atoms with Crippen LogP contribution in [0.4, 0.5) is 0 Å². The summed E-state index contributed by atoms with van der Waals surface area (Å²) in [4.78, 5) is 12.5. The molecule has 0 bridgehead atoms. The molecule has 4 heteroatoms. The van der Waals surface area contributed by atoms with Crippen LogP contribution in [0.3, 0.4) is 0 Å². The van der Waals surface area contributed by atoms with Crippen LogP contribution in [0.5, 0.6) is 0 Å². The summed E-state index contributed by atoms with van der Waals surface area (Å²) in [6.45, 7) is 3.78. The second-order valence-corrected chi connectivity index (χ2v) is 5.65. The lowest BCUT2D eigenvalue weighted by Crippen LogP contribution is -2.49. The topological polar surface area (TPSA) is 55.1 Å². The molecular formula is C13H24N2OS. The van der Waals surface area contributed by atoms with Gasteiger partial charge in [0.05, 0.1) is 10.4 Å². The molecule has 0 saturated heterocycles. The molecule has 0 aromatic rings. The Morgan fingerprint density at radius 1 is 1.35 bits per heavy atom. The SMILES string of the molecule is CCC(C)(C(=O)NC1CCCCCC1)C(N)=S. The van der Waals surface area contributed by atoms with Crippen molar-refractivity contribution < 1.29 is 4.79 Å². The van der Waals surface area contributed by atoms with Crippen LogP contribution in [-0.2, 0) is 4.79 Å². The summed E-state index contributed by atoms with van der Waals surface area (Å²) < 4.78 is 0. The number of nitrogens with one attached hydrogen (secondary N) is 1. The third-order valence-corrected chi connectivity index (χ3v) is 4.39. The minimum atomic E-state index is -0.693. The van der Waals surface area contributed by atoms with Gasteiger partial charge in [-0.3, -0.25) is 4.79 Å². The lowest BCUT2D eigenvalue weighted by atomic mass is 9.86. The third-order valence-electron chi connectivity index (χ3n) is 3.94. The van der Waals surface area contributed by atoms with E-state index in [1.54, 1.807) is 0 Å². The molecular weight excluding hydrogens is 232 g/mol. The molecule has 1 atom stereocenters. The lowest BCUT2D eigenvalue weighted by molar-refractivity contribution is -0.127. The van der Waals surface area contributed by atoms with E-state index < -0.39 is 5.41 Å². The molecule has 3 nitrogen and oxygen atoms in total. The first-order valence-corrected chi connectivity index (χ1v) is 7.02. The second kappa shape index (κ2) is 6.34. The van der Waals surface area contributed by atoms with Gasteiger partial charge < -0.3 is 11.1 Å². The Labute approximate surface area is 110 Å². The molecule has 3 N–H and O–H groups in total. The van der Waals surface area contributed by atoms with E-state index in [9.17, 15) is 4.79 Å². The summed E-state index contributed by atoms with van der Waals surface area (Å²) in [7, 11) is 0. The fourth-order valence-corrected chi connectivity index (χ4v) is 2.45. The van der Waals surface area contributed by atoms with Gasteiger partial charge in [-0.05, 0) is 26.2 Å². The molecule has 1 saturated carbocycles. The van der Waals surface area contributed by atoms with Crippen LogP contribution >= 0.6 is 12.2 Å². The number of carbonyl (C=O) groups is 1. The summed E-state index contributed by atoms with van der Waals surface area (Å²) in [5.74, 6) is -0.000556. The van der Waals surface area contributed by atoms with E-state index in [1.807, 2.05) is 13.8 Å². The first-order chi connectivity index (χ1) is 8.00. The Hall–Kier alpha value is -0.640. The monoisotopic (exact) mass is 256 g/mol. The Bertz CT molecular complexity index is 285. The number of amides is 1. The van der Waals surface area contributed by atoms with Gasteiger partial charge in [-0.15, -0.1) is 0 Å². The van der Waals surface area contributed by atoms with E-state index in [2.05, 4.69) is 5.32 Å². The van der Waals surface area contributed by atoms with E-state index in [0.717, 1.165) is 12.8 Å². The van der Waals surface area contributed by atoms with Crippen molar-refractivity contribution in [1.29, 1.82) is 0 Å². The molecule has 0 heterocycles. The predicted octanol–water partition coefficient (Wildman–Crippen LogP) is 2.53. The van der Waals surface area contributed by atoms with E-state index in [1.165, 1.54) is 25.7 Å². The first kappa shape index (κ1) is 14.4. The molecule has 1 fully saturated rings. The average molecular weight is 256 g/mol. The molecule has 1 amide bonds. The Kier molecular flexibility index (Phi) is 5.37. The van der Waals surface area contributed by atoms with Crippen molar-refractivity contribution in [3.05, 3.63) is 0 Å². The van der Waals surface area contributed by atoms with Crippen LogP contribution in [0.2, 0.25) is 0 Å². The first-order valence-electron chi connectivity index (χ1n) is 6.61. The largest absolute Gasteiger partial charge is 0.392 e. The highest BCUT2D eigenvalue weighted by Crippen LogP contribution is 2.24. The number of rotatable bonds is 4. The number of nitrogens with two attached hydrogens (primary N) is 1. The van der Waals surface area contributed by atoms with Crippen LogP contribution in [0.15, 0.2) is 0 Å². The summed E-state index contributed by atoms with van der Waals surface area (Å²) >= 11 is 5.02. The summed E-state index contributed by atoms with van der Waals surface area (Å²) in [5.41, 5.74) is 5.00. The molecule has 0 aliphatic heterocycles. The zero-order chi connectivity index (χ0) is 12.9. The lowest BCUT2D eigenvalue weighted by Gasteiger charge is -2.28. The van der Waals surface area contributed by atoms with Crippen LogP contribution in [0.1, 0.15) is 58.8 Å². The molecule has 0 aromatic carbocycles. The van der Waals surface area contributed by atoms with Crippen molar-refractivity contribution in [2.45, 2.75) is 64.8 Å². The molecule has 0 aromatic heterocycles. The van der Waals surface area contributed by atoms with Crippen LogP contribution in [-0.4, -0.2) is 16.9 Å². The number of hydrogen-bond donors (Lipinski definition) is 2. The molecule has 1 rings (SSSR count). The smallest absolute Gasteiger partial charge is 0.232 e. The molecule has 0 spiro atoms. The number of hydrogen-bond acceptors (Lipinski definition) is 2. The molecule has 1 unspecified atom stereocenters. The van der Waals surface area contributed by atoms with Gasteiger partial charge in [0.1, 0.15) is 0 Å². The zero-order valence-corrected chi connectivity index (χ0v) is 11.7. The molecule has 1 aliphatic carbocycles. The molecule has 98 valence electrons. The maximum atomic E-state index is 12.2. The second-order valence-electron chi connectivity index (χ2n) is 5.21. The highest BCUT2D eigenvalue weighted by molar-refractivity contribution is 7.80. The van der Waals surface area contributed by atoms with E-state index in [-0.39, 0.29) is 5.91 Å². The fourth-order valence-electron chi connectivity index (χ4n) is 2.22. The Balaban J connectivity index is 2.60. The van der Waals surface area contributed by atoms with Gasteiger partial charge in [-0.25, -0.2) is 0 Å². The highest BCUT2D eigenvalue weighted by Gasteiger charge is 2.35. The maximum absolute atomic E-state index is 12.2. The van der Waals surface area contributed by atoms with Crippen molar-refractivity contribution in [2.75, 3.05) is 0 Å². The van der Waals surface area contributed by atoms with Gasteiger partial charge in [-0.2, -0.15) is 0 Å². The minimum absolute atomic E-state index is 0.000556. The van der Waals surface area contributed by atoms with E-state index in [4.69, 9.17) is 18.0 Å². The highest BCUT2D eigenvalue weighted by atomic mass is 32.1. The van der Waals surface area contributed by atoms with Crippen LogP contribution in [0, 0.1) is 5.41 Å². The number of thiocarbonyl (C=S) groups is 1. The minimum Gasteiger partial charge on any atom is -0.392 e. The molecule has 1 aliphatic rings. The van der Waals surface area contributed by atoms with Crippen molar-refractivity contribution in [3.63, 3.8) is 0 Å². The van der Waals surface area contributed by atoms with Crippen molar-refractivity contribution in [1.82, 2.24) is 5.32 Å². The standard InChI is InChI=1S/C13H24N2OS/c1-3-13(2,11(14)17)12(16)15-10-8-6-4-5-7-9-10/h10H,3-9H2,1-2H3,(H2,14,17)(H,15,16). The quantitative estimate of drug-likeness (QED) is 0.600. The van der Waals surface area contributed by atoms with Crippen molar-refractivity contribution in [3.8, 4) is 0 Å². The van der Waals surface area contributed by atoms with Gasteiger partial charge in [-0.1, -0.05) is 44.8 Å². The zero-order valence-electron chi connectivity index (χ0n) is 10.9. The summed E-state index contributed by atoms with van der Waals surface area (Å²) in [5, 5.41) is 3.13. The van der Waals surface area contributed by atoms with Gasteiger partial charge >= 0.3 is 0 Å². The van der Waals surface area contributed by atoms with Gasteiger partial charge in [0.15, 0.2) is 0 Å². The summed E-state index contributed by atoms with van der Waals surface area (Å²) in [6.07, 6.45) is 7.81. The number of carbonyl (C=O) groups excluding carboxylic acids is 1. The van der Waals surface area contributed by atoms with Gasteiger partial charge in [0, 0.05) is 6.04 Å². The van der Waals surface area contributed by atoms with Gasteiger partial charge in [0.2, 0.25) is 5.91 Å². The maximum Gasteiger partial charge on any atom is 0.232 e. The fraction of sp³-hybridized carbons (Fsp3) is 0.846. The van der Waals surface area contributed by atoms with Crippen molar-refractivity contribution >= 4 is 23.1 Å². The molecule has 0 radical (unpaired) electrons. The van der Waals surface area contributed by atoms with E-state index in [0.29, 0.717) is 17.5 Å². The van der Waals surface area contributed by atoms with Crippen LogP contribution in [0.25, 0.3) is 0 Å². The summed E-state index contributed by atoms with van der Waals surface area (Å²) in [6, 6.07) is 0.310. The average Bonchev–Trinajstić information content (AvgIpc) is 2.56. The molecule has 17 heavy (non-hydrogen) atoms. The third kappa shape index (κ3) is 3.66. The van der Waals surface area contributed by atoms with Crippen LogP contribution < -0.4 is 11.1 Å². The van der Waals surface area contributed by atoms with Gasteiger partial charge in [0.25, 0.3) is 0 Å². The Morgan fingerprint density at radius 2 is 1.88 bits per heavy atom. The normalized spacial score (nSPS) is 21.3. The Morgan fingerprint density at radius 3 is 2.29 bits per heavy atom.